The van der Waals surface area contributed by atoms with Gasteiger partial charge in [-0.25, -0.2) is 0 Å². The summed E-state index contributed by atoms with van der Waals surface area (Å²) in [6.45, 7) is 6.31. The van der Waals surface area contributed by atoms with E-state index >= 15 is 0 Å². The molecule has 0 saturated heterocycles. The Bertz CT molecular complexity index is 197. The molecule has 0 heterocycles. The minimum atomic E-state index is 0.0266. The molecule has 0 spiro atoms. The van der Waals surface area contributed by atoms with Gasteiger partial charge in [0.05, 0.1) is 5.92 Å². The highest BCUT2D eigenvalue weighted by Gasteiger charge is 2.26. The number of hydrogen-bond acceptors (Lipinski definition) is 2. The molecular formula is C13H24O2. The minimum Gasteiger partial charge on any atom is -0.462 e. The lowest BCUT2D eigenvalue weighted by atomic mass is 9.88. The molecular weight excluding hydrogens is 188 g/mol. The van der Waals surface area contributed by atoms with Crippen LogP contribution < -0.4 is 0 Å². The van der Waals surface area contributed by atoms with Crippen LogP contribution in [0.4, 0.5) is 0 Å². The first-order valence-electron chi connectivity index (χ1n) is 6.39. The average molecular weight is 212 g/mol. The van der Waals surface area contributed by atoms with Gasteiger partial charge in [0, 0.05) is 0 Å². The van der Waals surface area contributed by atoms with Crippen LogP contribution in [0.5, 0.6) is 0 Å². The molecule has 2 heteroatoms. The molecule has 0 amide bonds. The van der Waals surface area contributed by atoms with Gasteiger partial charge in [-0.15, -0.1) is 0 Å². The SMILES string of the molecule is CCC(CC)C(=O)O[C@@H]1CCCC[C@@H]1C. The summed E-state index contributed by atoms with van der Waals surface area (Å²) in [6, 6.07) is 0. The van der Waals surface area contributed by atoms with Gasteiger partial charge in [-0.05, 0) is 38.0 Å². The lowest BCUT2D eigenvalue weighted by molar-refractivity contribution is -0.158. The first-order chi connectivity index (χ1) is 7.19. The van der Waals surface area contributed by atoms with Gasteiger partial charge in [-0.3, -0.25) is 4.79 Å². The van der Waals surface area contributed by atoms with Crippen LogP contribution in [0.15, 0.2) is 0 Å². The summed E-state index contributed by atoms with van der Waals surface area (Å²) in [5, 5.41) is 0. The monoisotopic (exact) mass is 212 g/mol. The molecule has 2 atom stereocenters. The Hall–Kier alpha value is -0.530. The lowest BCUT2D eigenvalue weighted by Gasteiger charge is -2.29. The van der Waals surface area contributed by atoms with Gasteiger partial charge in [0.2, 0.25) is 0 Å². The van der Waals surface area contributed by atoms with Crippen molar-refractivity contribution in [3.8, 4) is 0 Å². The fourth-order valence-electron chi connectivity index (χ4n) is 2.32. The van der Waals surface area contributed by atoms with Crippen molar-refractivity contribution in [1.82, 2.24) is 0 Å². The molecule has 0 N–H and O–H groups in total. The summed E-state index contributed by atoms with van der Waals surface area (Å²) < 4.78 is 5.61. The molecule has 0 aliphatic heterocycles. The highest BCUT2D eigenvalue weighted by atomic mass is 16.5. The molecule has 0 aromatic carbocycles. The predicted molar refractivity (Wildman–Crippen MR) is 61.6 cm³/mol. The van der Waals surface area contributed by atoms with Gasteiger partial charge >= 0.3 is 5.97 Å². The van der Waals surface area contributed by atoms with Crippen molar-refractivity contribution in [2.45, 2.75) is 65.4 Å². The molecule has 0 bridgehead atoms. The van der Waals surface area contributed by atoms with Crippen LogP contribution in [0.25, 0.3) is 0 Å². The third-order valence-electron chi connectivity index (χ3n) is 3.62. The second-order valence-corrected chi connectivity index (χ2v) is 4.75. The zero-order valence-corrected chi connectivity index (χ0v) is 10.3. The van der Waals surface area contributed by atoms with E-state index in [0.29, 0.717) is 5.92 Å². The Morgan fingerprint density at radius 1 is 1.27 bits per heavy atom. The average Bonchev–Trinajstić information content (AvgIpc) is 2.23. The van der Waals surface area contributed by atoms with Gasteiger partial charge in [0.15, 0.2) is 0 Å². The van der Waals surface area contributed by atoms with E-state index in [-0.39, 0.29) is 18.0 Å². The molecule has 1 aliphatic carbocycles. The van der Waals surface area contributed by atoms with Crippen LogP contribution in [0.3, 0.4) is 0 Å². The van der Waals surface area contributed by atoms with Crippen molar-refractivity contribution in [2.75, 3.05) is 0 Å². The van der Waals surface area contributed by atoms with Crippen molar-refractivity contribution in [1.29, 1.82) is 0 Å². The van der Waals surface area contributed by atoms with Crippen LogP contribution in [-0.4, -0.2) is 12.1 Å². The highest BCUT2D eigenvalue weighted by Crippen LogP contribution is 2.27. The summed E-state index contributed by atoms with van der Waals surface area (Å²) in [5.74, 6) is 0.690. The third-order valence-corrected chi connectivity index (χ3v) is 3.62. The first-order valence-corrected chi connectivity index (χ1v) is 6.39. The van der Waals surface area contributed by atoms with Crippen molar-refractivity contribution in [3.05, 3.63) is 0 Å². The Balaban J connectivity index is 2.41. The molecule has 0 aromatic rings. The summed E-state index contributed by atoms with van der Waals surface area (Å²) in [7, 11) is 0. The van der Waals surface area contributed by atoms with Gasteiger partial charge in [-0.2, -0.15) is 0 Å². The van der Waals surface area contributed by atoms with Crippen molar-refractivity contribution < 1.29 is 9.53 Å². The summed E-state index contributed by atoms with van der Waals surface area (Å²) in [6.07, 6.45) is 6.76. The fourth-order valence-corrected chi connectivity index (χ4v) is 2.32. The van der Waals surface area contributed by atoms with Crippen molar-refractivity contribution in [2.24, 2.45) is 11.8 Å². The lowest BCUT2D eigenvalue weighted by Crippen LogP contribution is -2.30. The smallest absolute Gasteiger partial charge is 0.309 e. The quantitative estimate of drug-likeness (QED) is 0.666. The molecule has 0 unspecified atom stereocenters. The van der Waals surface area contributed by atoms with Crippen LogP contribution in [0, 0.1) is 11.8 Å². The predicted octanol–water partition coefficient (Wildman–Crippen LogP) is 3.54. The van der Waals surface area contributed by atoms with E-state index in [1.165, 1.54) is 19.3 Å². The molecule has 1 aliphatic rings. The molecule has 0 radical (unpaired) electrons. The zero-order valence-electron chi connectivity index (χ0n) is 10.3. The van der Waals surface area contributed by atoms with Gasteiger partial charge in [0.1, 0.15) is 6.10 Å². The Morgan fingerprint density at radius 3 is 2.40 bits per heavy atom. The molecule has 1 saturated carbocycles. The number of rotatable bonds is 4. The molecule has 88 valence electrons. The largest absolute Gasteiger partial charge is 0.462 e. The highest BCUT2D eigenvalue weighted by molar-refractivity contribution is 5.72. The number of hydrogen-bond donors (Lipinski definition) is 0. The second-order valence-electron chi connectivity index (χ2n) is 4.75. The molecule has 2 nitrogen and oxygen atoms in total. The molecule has 1 rings (SSSR count). The second kappa shape index (κ2) is 6.14. The zero-order chi connectivity index (χ0) is 11.3. The maximum Gasteiger partial charge on any atom is 0.309 e. The number of carbonyl (C=O) groups excluding carboxylic acids is 1. The topological polar surface area (TPSA) is 26.3 Å². The van der Waals surface area contributed by atoms with E-state index in [9.17, 15) is 4.79 Å². The normalized spacial score (nSPS) is 26.7. The molecule has 0 aromatic heterocycles. The number of ether oxygens (including phenoxy) is 1. The summed E-state index contributed by atoms with van der Waals surface area (Å²) >= 11 is 0. The van der Waals surface area contributed by atoms with Gasteiger partial charge in [0.25, 0.3) is 0 Å². The number of esters is 1. The molecule has 15 heavy (non-hydrogen) atoms. The first kappa shape index (κ1) is 12.5. The minimum absolute atomic E-state index is 0.0266. The van der Waals surface area contributed by atoms with Crippen LogP contribution >= 0.6 is 0 Å². The Morgan fingerprint density at radius 2 is 1.87 bits per heavy atom. The standard InChI is InChI=1S/C13H24O2/c1-4-11(5-2)13(14)15-12-9-7-6-8-10(12)3/h10-12H,4-9H2,1-3H3/t10-,12+/m0/s1. The number of carbonyl (C=O) groups is 1. The van der Waals surface area contributed by atoms with Crippen LogP contribution in [-0.2, 0) is 9.53 Å². The Labute approximate surface area is 93.4 Å². The van der Waals surface area contributed by atoms with E-state index in [2.05, 4.69) is 20.8 Å². The third kappa shape index (κ3) is 3.51. The summed E-state index contributed by atoms with van der Waals surface area (Å²) in [4.78, 5) is 11.8. The van der Waals surface area contributed by atoms with E-state index in [0.717, 1.165) is 19.3 Å². The van der Waals surface area contributed by atoms with Crippen LogP contribution in [0.1, 0.15) is 59.3 Å². The van der Waals surface area contributed by atoms with Crippen LogP contribution in [0.2, 0.25) is 0 Å². The van der Waals surface area contributed by atoms with E-state index in [1.54, 1.807) is 0 Å². The van der Waals surface area contributed by atoms with E-state index in [4.69, 9.17) is 4.74 Å². The van der Waals surface area contributed by atoms with E-state index < -0.39 is 0 Å². The van der Waals surface area contributed by atoms with Crippen molar-refractivity contribution >= 4 is 5.97 Å². The molecule has 1 fully saturated rings. The van der Waals surface area contributed by atoms with Gasteiger partial charge < -0.3 is 4.74 Å². The van der Waals surface area contributed by atoms with Crippen molar-refractivity contribution in [3.63, 3.8) is 0 Å². The maximum atomic E-state index is 11.8. The van der Waals surface area contributed by atoms with Gasteiger partial charge in [-0.1, -0.05) is 27.2 Å². The Kier molecular flexibility index (Phi) is 5.13. The fraction of sp³-hybridized carbons (Fsp3) is 0.923. The maximum absolute atomic E-state index is 11.8. The van der Waals surface area contributed by atoms with E-state index in [1.807, 2.05) is 0 Å². The summed E-state index contributed by atoms with van der Waals surface area (Å²) in [5.41, 5.74) is 0.